The van der Waals surface area contributed by atoms with Crippen LogP contribution in [0.25, 0.3) is 17.0 Å². The number of aromatic nitrogens is 1. The number of fused-ring (bicyclic) bond motifs is 1. The summed E-state index contributed by atoms with van der Waals surface area (Å²) in [5.41, 5.74) is 3.11. The van der Waals surface area contributed by atoms with Gasteiger partial charge in [-0.25, -0.2) is 0 Å². The van der Waals surface area contributed by atoms with Gasteiger partial charge in [0, 0.05) is 28.4 Å². The van der Waals surface area contributed by atoms with Crippen LogP contribution < -0.4 is 5.32 Å². The van der Waals surface area contributed by atoms with Gasteiger partial charge >= 0.3 is 5.97 Å². The van der Waals surface area contributed by atoms with Crippen LogP contribution in [0.3, 0.4) is 0 Å². The van der Waals surface area contributed by atoms with E-state index in [1.54, 1.807) is 23.8 Å². The summed E-state index contributed by atoms with van der Waals surface area (Å²) in [5.74, 6) is -0.832. The highest BCUT2D eigenvalue weighted by molar-refractivity contribution is 6.10. The van der Waals surface area contributed by atoms with E-state index in [9.17, 15) is 14.9 Å². The van der Waals surface area contributed by atoms with E-state index in [1.807, 2.05) is 55.5 Å². The summed E-state index contributed by atoms with van der Waals surface area (Å²) >= 11 is 0. The predicted molar refractivity (Wildman–Crippen MR) is 112 cm³/mol. The van der Waals surface area contributed by atoms with Crippen molar-refractivity contribution in [3.8, 4) is 6.07 Å². The molecule has 3 aromatic rings. The molecular weight excluding hydrogens is 366 g/mol. The smallest absolute Gasteiger partial charge is 0.325 e. The summed E-state index contributed by atoms with van der Waals surface area (Å²) in [6, 6.07) is 16.8. The highest BCUT2D eigenvalue weighted by atomic mass is 16.5. The van der Waals surface area contributed by atoms with Gasteiger partial charge in [-0.05, 0) is 43.7 Å². The molecule has 2 aromatic carbocycles. The van der Waals surface area contributed by atoms with Crippen LogP contribution in [0.5, 0.6) is 0 Å². The number of rotatable bonds is 6. The van der Waals surface area contributed by atoms with Crippen molar-refractivity contribution in [3.63, 3.8) is 0 Å². The molecule has 29 heavy (non-hydrogen) atoms. The maximum absolute atomic E-state index is 12.6. The molecule has 3 rings (SSSR count). The number of para-hydroxylation sites is 1. The zero-order valence-corrected chi connectivity index (χ0v) is 16.3. The number of aryl methyl sites for hydroxylation is 1. The van der Waals surface area contributed by atoms with E-state index in [0.717, 1.165) is 16.5 Å². The molecule has 1 N–H and O–H groups in total. The number of nitrogens with one attached hydrogen (secondary N) is 1. The average Bonchev–Trinajstić information content (AvgIpc) is 3.03. The first-order chi connectivity index (χ1) is 14.0. The molecule has 146 valence electrons. The first kappa shape index (κ1) is 19.9. The summed E-state index contributed by atoms with van der Waals surface area (Å²) in [5, 5.41) is 13.1. The molecule has 0 saturated carbocycles. The number of carbonyl (C=O) groups excluding carboxylic acids is 2. The zero-order chi connectivity index (χ0) is 20.8. The van der Waals surface area contributed by atoms with Crippen LogP contribution in [0, 0.1) is 18.3 Å². The Morgan fingerprint density at radius 2 is 2.00 bits per heavy atom. The Hall–Kier alpha value is -3.85. The molecule has 1 aromatic heterocycles. The summed E-state index contributed by atoms with van der Waals surface area (Å²) in [6.07, 6.45) is 3.29. The second kappa shape index (κ2) is 8.89. The van der Waals surface area contributed by atoms with E-state index in [-0.39, 0.29) is 18.1 Å². The minimum atomic E-state index is -0.486. The topological polar surface area (TPSA) is 84.1 Å². The minimum Gasteiger partial charge on any atom is -0.465 e. The lowest BCUT2D eigenvalue weighted by atomic mass is 10.1. The van der Waals surface area contributed by atoms with Crippen LogP contribution in [0.2, 0.25) is 0 Å². The lowest BCUT2D eigenvalue weighted by Gasteiger charge is -2.05. The van der Waals surface area contributed by atoms with Gasteiger partial charge in [0.25, 0.3) is 5.91 Å². The second-order valence-corrected chi connectivity index (χ2v) is 6.53. The number of hydrogen-bond donors (Lipinski definition) is 1. The van der Waals surface area contributed by atoms with Gasteiger partial charge in [-0.3, -0.25) is 9.59 Å². The summed E-state index contributed by atoms with van der Waals surface area (Å²) in [7, 11) is 0. The van der Waals surface area contributed by atoms with Gasteiger partial charge in [0.2, 0.25) is 0 Å². The van der Waals surface area contributed by atoms with E-state index >= 15 is 0 Å². The van der Waals surface area contributed by atoms with E-state index < -0.39 is 5.91 Å². The number of amides is 1. The first-order valence-corrected chi connectivity index (χ1v) is 9.25. The molecule has 0 atom stereocenters. The third-order valence-electron chi connectivity index (χ3n) is 4.37. The molecule has 0 saturated heterocycles. The third-order valence-corrected chi connectivity index (χ3v) is 4.37. The number of carbonyl (C=O) groups is 2. The molecule has 1 heterocycles. The van der Waals surface area contributed by atoms with E-state index in [1.165, 1.54) is 6.08 Å². The number of esters is 1. The molecular formula is C23H21N3O3. The van der Waals surface area contributed by atoms with Gasteiger partial charge in [-0.1, -0.05) is 30.3 Å². The summed E-state index contributed by atoms with van der Waals surface area (Å²) in [4.78, 5) is 24.5. The molecule has 6 heteroatoms. The van der Waals surface area contributed by atoms with Crippen molar-refractivity contribution in [2.24, 2.45) is 0 Å². The monoisotopic (exact) mass is 387 g/mol. The molecule has 0 aliphatic rings. The number of anilines is 1. The van der Waals surface area contributed by atoms with E-state index in [2.05, 4.69) is 5.32 Å². The molecule has 0 radical (unpaired) electrons. The van der Waals surface area contributed by atoms with Gasteiger partial charge < -0.3 is 14.6 Å². The highest BCUT2D eigenvalue weighted by Gasteiger charge is 2.14. The van der Waals surface area contributed by atoms with Crippen LogP contribution in [0.15, 0.2) is 60.3 Å². The first-order valence-electron chi connectivity index (χ1n) is 9.25. The fourth-order valence-corrected chi connectivity index (χ4v) is 3.09. The lowest BCUT2D eigenvalue weighted by molar-refractivity contribution is -0.143. The number of ether oxygens (including phenoxy) is 1. The zero-order valence-electron chi connectivity index (χ0n) is 16.3. The quantitative estimate of drug-likeness (QED) is 0.393. The van der Waals surface area contributed by atoms with Crippen LogP contribution in [-0.2, 0) is 20.9 Å². The van der Waals surface area contributed by atoms with Gasteiger partial charge in [-0.15, -0.1) is 0 Å². The highest BCUT2D eigenvalue weighted by Crippen LogP contribution is 2.24. The molecule has 0 bridgehead atoms. The number of nitrogens with zero attached hydrogens (tertiary/aromatic N) is 2. The van der Waals surface area contributed by atoms with Crippen molar-refractivity contribution < 1.29 is 14.3 Å². The Balaban J connectivity index is 1.93. The fourth-order valence-electron chi connectivity index (χ4n) is 3.09. The van der Waals surface area contributed by atoms with Crippen LogP contribution >= 0.6 is 0 Å². The SMILES string of the molecule is CCOC(=O)Cn1cc(C=C(C#N)C(=O)Nc2cccc(C)c2)c2ccccc21. The van der Waals surface area contributed by atoms with Crippen molar-refractivity contribution in [1.29, 1.82) is 5.26 Å². The van der Waals surface area contributed by atoms with Gasteiger partial charge in [0.05, 0.1) is 6.61 Å². The van der Waals surface area contributed by atoms with E-state index in [0.29, 0.717) is 17.9 Å². The average molecular weight is 387 g/mol. The minimum absolute atomic E-state index is 0.0226. The van der Waals surface area contributed by atoms with Crippen LogP contribution in [0.1, 0.15) is 18.1 Å². The molecule has 0 aliphatic heterocycles. The standard InChI is InChI=1S/C23H21N3O3/c1-3-29-22(27)15-26-14-18(20-9-4-5-10-21(20)26)12-17(13-24)23(28)25-19-8-6-7-16(2)11-19/h4-12,14H,3,15H2,1-2H3,(H,25,28). The van der Waals surface area contributed by atoms with Crippen molar-refractivity contribution in [2.45, 2.75) is 20.4 Å². The molecule has 1 amide bonds. The Labute approximate surface area is 169 Å². The van der Waals surface area contributed by atoms with Crippen LogP contribution in [-0.4, -0.2) is 23.1 Å². The number of benzene rings is 2. The maximum atomic E-state index is 12.6. The second-order valence-electron chi connectivity index (χ2n) is 6.53. The van der Waals surface area contributed by atoms with Gasteiger partial charge in [0.15, 0.2) is 0 Å². The summed E-state index contributed by atoms with van der Waals surface area (Å²) in [6.45, 7) is 4.04. The Morgan fingerprint density at radius 3 is 2.72 bits per heavy atom. The molecule has 0 spiro atoms. The Morgan fingerprint density at radius 1 is 1.21 bits per heavy atom. The fraction of sp³-hybridized carbons (Fsp3) is 0.174. The molecule has 6 nitrogen and oxygen atoms in total. The molecule has 0 aliphatic carbocycles. The van der Waals surface area contributed by atoms with E-state index in [4.69, 9.17) is 4.74 Å². The van der Waals surface area contributed by atoms with Crippen molar-refractivity contribution in [1.82, 2.24) is 4.57 Å². The Kier molecular flexibility index (Phi) is 6.10. The summed E-state index contributed by atoms with van der Waals surface area (Å²) < 4.78 is 6.79. The third kappa shape index (κ3) is 4.71. The van der Waals surface area contributed by atoms with Gasteiger partial charge in [-0.2, -0.15) is 5.26 Å². The largest absolute Gasteiger partial charge is 0.465 e. The van der Waals surface area contributed by atoms with Crippen LogP contribution in [0.4, 0.5) is 5.69 Å². The van der Waals surface area contributed by atoms with Crippen molar-refractivity contribution in [3.05, 3.63) is 71.4 Å². The number of hydrogen-bond acceptors (Lipinski definition) is 4. The Bertz CT molecular complexity index is 1140. The lowest BCUT2D eigenvalue weighted by Crippen LogP contribution is -2.13. The molecule has 0 unspecified atom stereocenters. The predicted octanol–water partition coefficient (Wildman–Crippen LogP) is 4.06. The molecule has 0 fully saturated rings. The van der Waals surface area contributed by atoms with Crippen molar-refractivity contribution >= 4 is 34.5 Å². The normalized spacial score (nSPS) is 11.1. The van der Waals surface area contributed by atoms with Crippen molar-refractivity contribution in [2.75, 3.05) is 11.9 Å². The number of nitriles is 1. The van der Waals surface area contributed by atoms with Gasteiger partial charge in [0.1, 0.15) is 18.2 Å². The maximum Gasteiger partial charge on any atom is 0.325 e.